The molecule has 1 fully saturated rings. The van der Waals surface area contributed by atoms with Crippen LogP contribution in [0.25, 0.3) is 0 Å². The van der Waals surface area contributed by atoms with Gasteiger partial charge < -0.3 is 10.2 Å². The van der Waals surface area contributed by atoms with Crippen LogP contribution in [-0.2, 0) is 4.79 Å². The van der Waals surface area contributed by atoms with Crippen molar-refractivity contribution in [1.29, 1.82) is 0 Å². The van der Waals surface area contributed by atoms with Crippen molar-refractivity contribution in [3.05, 3.63) is 24.2 Å². The number of hydrogen-bond acceptors (Lipinski definition) is 3. The van der Waals surface area contributed by atoms with E-state index in [0.29, 0.717) is 0 Å². The minimum atomic E-state index is -0.249. The summed E-state index contributed by atoms with van der Waals surface area (Å²) in [6, 6.07) is 0. The average molecular weight is 269 g/mol. The van der Waals surface area contributed by atoms with Gasteiger partial charge in [-0.1, -0.05) is 13.8 Å². The topological polar surface area (TPSA) is 35.6 Å². The fraction of sp³-hybridized carbons (Fsp3) is 0.643. The van der Waals surface area contributed by atoms with Crippen LogP contribution in [0.1, 0.15) is 27.2 Å². The fourth-order valence-corrected chi connectivity index (χ4v) is 2.21. The second kappa shape index (κ2) is 7.94. The van der Waals surface area contributed by atoms with E-state index in [-0.39, 0.29) is 17.9 Å². The molecule has 2 rings (SSSR count). The van der Waals surface area contributed by atoms with Crippen molar-refractivity contribution < 1.29 is 9.18 Å². The van der Waals surface area contributed by atoms with E-state index < -0.39 is 0 Å². The Hall–Kier alpha value is -1.36. The third kappa shape index (κ3) is 4.67. The highest BCUT2D eigenvalue weighted by Crippen LogP contribution is 2.11. The number of halogens is 1. The maximum Gasteiger partial charge on any atom is 0.219 e. The lowest BCUT2D eigenvalue weighted by atomic mass is 10.2. The zero-order valence-corrected chi connectivity index (χ0v) is 12.0. The van der Waals surface area contributed by atoms with Crippen LogP contribution in [0, 0.1) is 0 Å². The highest BCUT2D eigenvalue weighted by atomic mass is 19.1. The zero-order valence-electron chi connectivity index (χ0n) is 12.0. The van der Waals surface area contributed by atoms with Crippen LogP contribution in [0.3, 0.4) is 0 Å². The molecular weight excluding hydrogens is 245 g/mol. The van der Waals surface area contributed by atoms with Crippen molar-refractivity contribution in [3.63, 3.8) is 0 Å². The lowest BCUT2D eigenvalue weighted by Crippen LogP contribution is -2.45. The first-order chi connectivity index (χ1) is 9.16. The Bertz CT molecular complexity index is 355. The summed E-state index contributed by atoms with van der Waals surface area (Å²) in [5.74, 6) is -0.119. The molecule has 108 valence electrons. The van der Waals surface area contributed by atoms with Gasteiger partial charge in [-0.3, -0.25) is 9.69 Å². The van der Waals surface area contributed by atoms with E-state index in [1.54, 1.807) is 6.92 Å². The van der Waals surface area contributed by atoms with Gasteiger partial charge in [-0.25, -0.2) is 4.39 Å². The van der Waals surface area contributed by atoms with Crippen molar-refractivity contribution in [3.8, 4) is 0 Å². The summed E-state index contributed by atoms with van der Waals surface area (Å²) >= 11 is 0. The van der Waals surface area contributed by atoms with E-state index in [0.717, 1.165) is 32.6 Å². The Morgan fingerprint density at radius 3 is 2.63 bits per heavy atom. The van der Waals surface area contributed by atoms with E-state index in [1.807, 2.05) is 24.8 Å². The van der Waals surface area contributed by atoms with Crippen LogP contribution in [0.4, 0.5) is 4.39 Å². The Kier molecular flexibility index (Phi) is 6.56. The molecule has 1 saturated heterocycles. The molecule has 0 bridgehead atoms. The third-order valence-corrected chi connectivity index (χ3v) is 3.20. The monoisotopic (exact) mass is 269 g/mol. The number of nitrogens with zero attached hydrogens (tertiary/aromatic N) is 2. The number of carbonyl (C=O) groups is 1. The Balaban J connectivity index is 0.000000861. The SMILES string of the molecule is CC.CC(=O)N1CCCN(C2C=CC(F)=CN2)CC1. The first-order valence-electron chi connectivity index (χ1n) is 6.96. The maximum absolute atomic E-state index is 12.8. The summed E-state index contributed by atoms with van der Waals surface area (Å²) in [6.45, 7) is 8.89. The van der Waals surface area contributed by atoms with Crippen LogP contribution in [0.5, 0.6) is 0 Å². The first-order valence-corrected chi connectivity index (χ1v) is 6.96. The van der Waals surface area contributed by atoms with Crippen molar-refractivity contribution in [2.45, 2.75) is 33.4 Å². The number of carbonyl (C=O) groups excluding carboxylic acids is 1. The minimum absolute atomic E-state index is 0.0430. The van der Waals surface area contributed by atoms with Crippen molar-refractivity contribution in [1.82, 2.24) is 15.1 Å². The highest BCUT2D eigenvalue weighted by molar-refractivity contribution is 5.73. The average Bonchev–Trinajstić information content (AvgIpc) is 2.68. The molecule has 1 N–H and O–H groups in total. The first kappa shape index (κ1) is 15.7. The van der Waals surface area contributed by atoms with Crippen LogP contribution >= 0.6 is 0 Å². The Morgan fingerprint density at radius 2 is 2.05 bits per heavy atom. The molecule has 4 nitrogen and oxygen atoms in total. The molecule has 0 spiro atoms. The normalized spacial score (nSPS) is 23.7. The second-order valence-electron chi connectivity index (χ2n) is 4.40. The summed E-state index contributed by atoms with van der Waals surface area (Å²) in [7, 11) is 0. The van der Waals surface area contributed by atoms with E-state index in [1.165, 1.54) is 12.3 Å². The second-order valence-corrected chi connectivity index (χ2v) is 4.40. The van der Waals surface area contributed by atoms with Crippen LogP contribution in [0.2, 0.25) is 0 Å². The molecule has 0 aromatic heterocycles. The van der Waals surface area contributed by atoms with Gasteiger partial charge in [0.15, 0.2) is 0 Å². The van der Waals surface area contributed by atoms with Gasteiger partial charge in [0.1, 0.15) is 5.83 Å². The molecule has 2 aliphatic rings. The summed E-state index contributed by atoms with van der Waals surface area (Å²) in [5.41, 5.74) is 0. The molecule has 5 heteroatoms. The largest absolute Gasteiger partial charge is 0.370 e. The molecule has 0 aromatic carbocycles. The number of nitrogens with one attached hydrogen (secondary N) is 1. The fourth-order valence-electron chi connectivity index (χ4n) is 2.21. The summed E-state index contributed by atoms with van der Waals surface area (Å²) < 4.78 is 12.8. The Morgan fingerprint density at radius 1 is 1.32 bits per heavy atom. The van der Waals surface area contributed by atoms with Gasteiger partial charge in [-0.15, -0.1) is 0 Å². The number of dihydropyridines is 1. The number of allylic oxidation sites excluding steroid dienone is 2. The molecule has 0 saturated carbocycles. The molecule has 1 unspecified atom stereocenters. The Labute approximate surface area is 114 Å². The predicted octanol–water partition coefficient (Wildman–Crippen LogP) is 1.86. The van der Waals surface area contributed by atoms with Crippen molar-refractivity contribution in [2.75, 3.05) is 26.2 Å². The smallest absolute Gasteiger partial charge is 0.219 e. The summed E-state index contributed by atoms with van der Waals surface area (Å²) in [6.07, 6.45) is 5.69. The molecule has 0 aromatic rings. The molecule has 19 heavy (non-hydrogen) atoms. The van der Waals surface area contributed by atoms with Gasteiger partial charge in [-0.2, -0.15) is 0 Å². The van der Waals surface area contributed by atoms with E-state index in [4.69, 9.17) is 0 Å². The van der Waals surface area contributed by atoms with E-state index >= 15 is 0 Å². The maximum atomic E-state index is 12.8. The lowest BCUT2D eigenvalue weighted by Gasteiger charge is -2.29. The van der Waals surface area contributed by atoms with Crippen LogP contribution in [0.15, 0.2) is 24.2 Å². The molecule has 0 aliphatic carbocycles. The predicted molar refractivity (Wildman–Crippen MR) is 75.0 cm³/mol. The van der Waals surface area contributed by atoms with Crippen LogP contribution in [-0.4, -0.2) is 48.1 Å². The summed E-state index contributed by atoms with van der Waals surface area (Å²) in [5, 5.41) is 3.01. The standard InChI is InChI=1S/C12H18FN3O.C2H6/c1-10(17)15-5-2-6-16(8-7-15)12-4-3-11(13)9-14-12;1-2/h3-4,9,12,14H,2,5-8H2,1H3;1-2H3. The van der Waals surface area contributed by atoms with Gasteiger partial charge in [0, 0.05) is 39.3 Å². The van der Waals surface area contributed by atoms with Crippen molar-refractivity contribution >= 4 is 5.91 Å². The van der Waals surface area contributed by atoms with E-state index in [2.05, 4.69) is 10.2 Å². The number of rotatable bonds is 1. The minimum Gasteiger partial charge on any atom is -0.370 e. The molecule has 0 radical (unpaired) electrons. The number of hydrogen-bond donors (Lipinski definition) is 1. The quantitative estimate of drug-likeness (QED) is 0.789. The summed E-state index contributed by atoms with van der Waals surface area (Å²) in [4.78, 5) is 15.4. The molecule has 1 atom stereocenters. The zero-order chi connectivity index (χ0) is 14.3. The van der Waals surface area contributed by atoms with Gasteiger partial charge in [0.25, 0.3) is 0 Å². The van der Waals surface area contributed by atoms with Gasteiger partial charge >= 0.3 is 0 Å². The van der Waals surface area contributed by atoms with Crippen molar-refractivity contribution in [2.24, 2.45) is 0 Å². The lowest BCUT2D eigenvalue weighted by molar-refractivity contribution is -0.128. The van der Waals surface area contributed by atoms with Gasteiger partial charge in [-0.05, 0) is 18.6 Å². The molecule has 2 aliphatic heterocycles. The van der Waals surface area contributed by atoms with Crippen LogP contribution < -0.4 is 5.32 Å². The molecule has 2 heterocycles. The van der Waals surface area contributed by atoms with Gasteiger partial charge in [0.2, 0.25) is 5.91 Å². The molecule has 1 amide bonds. The van der Waals surface area contributed by atoms with E-state index in [9.17, 15) is 9.18 Å². The molecular formula is C14H24FN3O. The highest BCUT2D eigenvalue weighted by Gasteiger charge is 2.21. The third-order valence-electron chi connectivity index (χ3n) is 3.20. The van der Waals surface area contributed by atoms with Gasteiger partial charge in [0.05, 0.1) is 6.17 Å². The number of amides is 1.